The fourth-order valence-electron chi connectivity index (χ4n) is 2.66. The third kappa shape index (κ3) is 4.07. The number of ether oxygens (including phenoxy) is 1. The Labute approximate surface area is 135 Å². The summed E-state index contributed by atoms with van der Waals surface area (Å²) < 4.78 is 5.33. The minimum atomic E-state index is 0.0624. The summed E-state index contributed by atoms with van der Waals surface area (Å²) in [5, 5.41) is 9.73. The highest BCUT2D eigenvalue weighted by Gasteiger charge is 2.13. The van der Waals surface area contributed by atoms with Crippen LogP contribution in [0.1, 0.15) is 11.1 Å². The number of benzene rings is 1. The number of ketones is 1. The Kier molecular flexibility index (Phi) is 4.88. The van der Waals surface area contributed by atoms with Gasteiger partial charge in [0.25, 0.3) is 0 Å². The van der Waals surface area contributed by atoms with Crippen LogP contribution in [-0.2, 0) is 22.4 Å². The lowest BCUT2D eigenvalue weighted by Crippen LogP contribution is -2.36. The molecule has 1 aromatic carbocycles. The Bertz CT molecular complexity index is 664. The van der Waals surface area contributed by atoms with Crippen LogP contribution in [0.4, 0.5) is 5.82 Å². The number of para-hydroxylation sites is 1. The molecule has 5 nitrogen and oxygen atoms in total. The Morgan fingerprint density at radius 3 is 2.61 bits per heavy atom. The van der Waals surface area contributed by atoms with Crippen molar-refractivity contribution in [3.63, 3.8) is 0 Å². The molecular formula is C18H20N2O3. The van der Waals surface area contributed by atoms with Crippen molar-refractivity contribution in [1.82, 2.24) is 4.98 Å². The molecule has 0 saturated carbocycles. The summed E-state index contributed by atoms with van der Waals surface area (Å²) in [6.07, 6.45) is 2.32. The zero-order valence-electron chi connectivity index (χ0n) is 12.9. The van der Waals surface area contributed by atoms with Gasteiger partial charge in [-0.05, 0) is 17.7 Å². The molecule has 5 heteroatoms. The maximum Gasteiger partial charge on any atom is 0.141 e. The lowest BCUT2D eigenvalue weighted by molar-refractivity contribution is -0.117. The molecule has 1 N–H and O–H groups in total. The second-order valence-electron chi connectivity index (χ2n) is 5.65. The normalized spacial score (nSPS) is 14.7. The van der Waals surface area contributed by atoms with Gasteiger partial charge in [-0.3, -0.25) is 4.79 Å². The molecule has 0 bridgehead atoms. The molecule has 0 spiro atoms. The van der Waals surface area contributed by atoms with Crippen molar-refractivity contribution >= 4 is 11.6 Å². The molecule has 23 heavy (non-hydrogen) atoms. The van der Waals surface area contributed by atoms with E-state index in [9.17, 15) is 9.90 Å². The van der Waals surface area contributed by atoms with E-state index in [1.54, 1.807) is 24.4 Å². The zero-order valence-corrected chi connectivity index (χ0v) is 12.9. The van der Waals surface area contributed by atoms with E-state index >= 15 is 0 Å². The van der Waals surface area contributed by atoms with Crippen LogP contribution in [0, 0.1) is 0 Å². The topological polar surface area (TPSA) is 62.7 Å². The number of aromatic hydroxyl groups is 1. The molecular weight excluding hydrogens is 292 g/mol. The van der Waals surface area contributed by atoms with Crippen LogP contribution in [0.2, 0.25) is 0 Å². The van der Waals surface area contributed by atoms with E-state index in [1.807, 2.05) is 18.2 Å². The van der Waals surface area contributed by atoms with Crippen LogP contribution in [0.3, 0.4) is 0 Å². The number of aromatic nitrogens is 1. The van der Waals surface area contributed by atoms with Crippen molar-refractivity contribution < 1.29 is 14.6 Å². The van der Waals surface area contributed by atoms with E-state index in [0.717, 1.165) is 37.7 Å². The molecule has 0 atom stereocenters. The quantitative estimate of drug-likeness (QED) is 0.914. The van der Waals surface area contributed by atoms with Crippen LogP contribution in [0.15, 0.2) is 42.6 Å². The fourth-order valence-corrected chi connectivity index (χ4v) is 2.66. The predicted molar refractivity (Wildman–Crippen MR) is 87.8 cm³/mol. The standard InChI is InChI=1S/C18H20N2O3/c21-16(12-15-3-1-2-4-17(15)22)11-14-5-6-18(19-13-14)20-7-9-23-10-8-20/h1-6,13,22H,7-12H2. The molecule has 0 aliphatic carbocycles. The van der Waals surface area contributed by atoms with Gasteiger partial charge in [0, 0.05) is 37.7 Å². The predicted octanol–water partition coefficient (Wildman–Crippen LogP) is 1.98. The molecule has 0 radical (unpaired) electrons. The number of carbonyl (C=O) groups is 1. The van der Waals surface area contributed by atoms with Crippen LogP contribution < -0.4 is 4.90 Å². The van der Waals surface area contributed by atoms with Crippen LogP contribution >= 0.6 is 0 Å². The third-order valence-electron chi connectivity index (χ3n) is 3.92. The Morgan fingerprint density at radius 1 is 1.13 bits per heavy atom. The van der Waals surface area contributed by atoms with E-state index in [4.69, 9.17) is 4.74 Å². The number of phenols is 1. The van der Waals surface area contributed by atoms with Crippen molar-refractivity contribution in [2.75, 3.05) is 31.2 Å². The number of hydrogen-bond donors (Lipinski definition) is 1. The van der Waals surface area contributed by atoms with Crippen molar-refractivity contribution in [2.24, 2.45) is 0 Å². The number of nitrogens with zero attached hydrogens (tertiary/aromatic N) is 2. The van der Waals surface area contributed by atoms with E-state index in [0.29, 0.717) is 12.0 Å². The Morgan fingerprint density at radius 2 is 1.91 bits per heavy atom. The monoisotopic (exact) mass is 312 g/mol. The molecule has 1 aromatic heterocycles. The Hall–Kier alpha value is -2.40. The van der Waals surface area contributed by atoms with Crippen molar-refractivity contribution in [1.29, 1.82) is 0 Å². The molecule has 0 amide bonds. The molecule has 1 aliphatic rings. The first-order valence-corrected chi connectivity index (χ1v) is 7.78. The number of rotatable bonds is 5. The number of phenolic OH excluding ortho intramolecular Hbond substituents is 1. The van der Waals surface area contributed by atoms with E-state index in [-0.39, 0.29) is 18.0 Å². The molecule has 1 aliphatic heterocycles. The van der Waals surface area contributed by atoms with Gasteiger partial charge in [-0.15, -0.1) is 0 Å². The lowest BCUT2D eigenvalue weighted by Gasteiger charge is -2.27. The average molecular weight is 312 g/mol. The number of morpholine rings is 1. The number of Topliss-reactive ketones (excluding diaryl/α,β-unsaturated/α-hetero) is 1. The molecule has 0 unspecified atom stereocenters. The summed E-state index contributed by atoms with van der Waals surface area (Å²) in [6.45, 7) is 3.14. The third-order valence-corrected chi connectivity index (χ3v) is 3.92. The maximum absolute atomic E-state index is 12.2. The maximum atomic E-state index is 12.2. The molecule has 1 fully saturated rings. The molecule has 2 heterocycles. The fraction of sp³-hybridized carbons (Fsp3) is 0.333. The van der Waals surface area contributed by atoms with Gasteiger partial charge < -0.3 is 14.7 Å². The van der Waals surface area contributed by atoms with Crippen LogP contribution in [0.25, 0.3) is 0 Å². The summed E-state index contributed by atoms with van der Waals surface area (Å²) in [5.74, 6) is 1.15. The SMILES string of the molecule is O=C(Cc1ccc(N2CCOCC2)nc1)Cc1ccccc1O. The first-order valence-electron chi connectivity index (χ1n) is 7.78. The van der Waals surface area contributed by atoms with Crippen molar-refractivity contribution in [3.8, 4) is 5.75 Å². The second-order valence-corrected chi connectivity index (χ2v) is 5.65. The summed E-state index contributed by atoms with van der Waals surface area (Å²) in [7, 11) is 0. The highest BCUT2D eigenvalue weighted by Crippen LogP contribution is 2.18. The number of pyridine rings is 1. The average Bonchev–Trinajstić information content (AvgIpc) is 2.58. The molecule has 3 rings (SSSR count). The molecule has 2 aromatic rings. The van der Waals surface area contributed by atoms with Gasteiger partial charge in [0.2, 0.25) is 0 Å². The highest BCUT2D eigenvalue weighted by atomic mass is 16.5. The zero-order chi connectivity index (χ0) is 16.1. The summed E-state index contributed by atoms with van der Waals surface area (Å²) >= 11 is 0. The van der Waals surface area contributed by atoms with Gasteiger partial charge in [0.15, 0.2) is 0 Å². The van der Waals surface area contributed by atoms with Gasteiger partial charge in [-0.2, -0.15) is 0 Å². The number of anilines is 1. The first kappa shape index (κ1) is 15.5. The number of hydrogen-bond acceptors (Lipinski definition) is 5. The van der Waals surface area contributed by atoms with Crippen LogP contribution in [0.5, 0.6) is 5.75 Å². The minimum Gasteiger partial charge on any atom is -0.508 e. The summed E-state index contributed by atoms with van der Waals surface area (Å²) in [5.41, 5.74) is 1.55. The van der Waals surface area contributed by atoms with Gasteiger partial charge >= 0.3 is 0 Å². The molecule has 120 valence electrons. The van der Waals surface area contributed by atoms with E-state index in [2.05, 4.69) is 9.88 Å². The minimum absolute atomic E-state index is 0.0624. The van der Waals surface area contributed by atoms with Gasteiger partial charge in [0.1, 0.15) is 17.4 Å². The van der Waals surface area contributed by atoms with Gasteiger partial charge in [0.05, 0.1) is 13.2 Å². The summed E-state index contributed by atoms with van der Waals surface area (Å²) in [6, 6.07) is 10.8. The van der Waals surface area contributed by atoms with Gasteiger partial charge in [-0.25, -0.2) is 4.98 Å². The number of carbonyl (C=O) groups excluding carboxylic acids is 1. The summed E-state index contributed by atoms with van der Waals surface area (Å²) in [4.78, 5) is 18.8. The smallest absolute Gasteiger partial charge is 0.141 e. The van der Waals surface area contributed by atoms with E-state index < -0.39 is 0 Å². The highest BCUT2D eigenvalue weighted by molar-refractivity contribution is 5.83. The Balaban J connectivity index is 1.59. The first-order chi connectivity index (χ1) is 11.2. The molecule has 1 saturated heterocycles. The van der Waals surface area contributed by atoms with Crippen molar-refractivity contribution in [2.45, 2.75) is 12.8 Å². The van der Waals surface area contributed by atoms with Gasteiger partial charge in [-0.1, -0.05) is 24.3 Å². The van der Waals surface area contributed by atoms with E-state index in [1.165, 1.54) is 0 Å². The van der Waals surface area contributed by atoms with Crippen molar-refractivity contribution in [3.05, 3.63) is 53.7 Å². The lowest BCUT2D eigenvalue weighted by atomic mass is 10.0. The van der Waals surface area contributed by atoms with Crippen LogP contribution in [-0.4, -0.2) is 42.2 Å². The second kappa shape index (κ2) is 7.24. The largest absolute Gasteiger partial charge is 0.508 e.